The molecule has 1 atom stereocenters. The fraction of sp³-hybridized carbons (Fsp3) is 0.364. The van der Waals surface area contributed by atoms with Gasteiger partial charge in [-0.3, -0.25) is 4.79 Å². The molecular formula is C22H25NO5S. The topological polar surface area (TPSA) is 80.8 Å². The van der Waals surface area contributed by atoms with Crippen LogP contribution in [-0.4, -0.2) is 49.3 Å². The molecular weight excluding hydrogens is 390 g/mol. The molecule has 154 valence electrons. The predicted molar refractivity (Wildman–Crippen MR) is 110 cm³/mol. The van der Waals surface area contributed by atoms with Crippen molar-refractivity contribution in [3.63, 3.8) is 0 Å². The molecule has 1 heterocycles. The van der Waals surface area contributed by atoms with Gasteiger partial charge in [0.1, 0.15) is 0 Å². The molecule has 3 rings (SSSR count). The number of esters is 1. The van der Waals surface area contributed by atoms with Crippen LogP contribution in [0.1, 0.15) is 33.5 Å². The number of amides is 1. The van der Waals surface area contributed by atoms with E-state index in [1.165, 1.54) is 4.90 Å². The van der Waals surface area contributed by atoms with Crippen LogP contribution in [0, 0.1) is 13.8 Å². The van der Waals surface area contributed by atoms with Gasteiger partial charge in [0, 0.05) is 12.6 Å². The van der Waals surface area contributed by atoms with E-state index in [1.807, 2.05) is 50.2 Å². The third kappa shape index (κ3) is 5.67. The molecule has 7 heteroatoms. The quantitative estimate of drug-likeness (QED) is 0.678. The fourth-order valence-electron chi connectivity index (χ4n) is 3.61. The third-order valence-electron chi connectivity index (χ3n) is 4.95. The van der Waals surface area contributed by atoms with Crippen molar-refractivity contribution in [3.8, 4) is 0 Å². The molecule has 1 saturated heterocycles. The van der Waals surface area contributed by atoms with E-state index in [0.717, 1.165) is 16.7 Å². The number of nitrogens with zero attached hydrogens (tertiary/aromatic N) is 1. The summed E-state index contributed by atoms with van der Waals surface area (Å²) in [7, 11) is -3.15. The molecule has 0 radical (unpaired) electrons. The molecule has 0 unspecified atom stereocenters. The molecule has 2 aromatic carbocycles. The fourth-order valence-corrected chi connectivity index (χ4v) is 5.34. The number of aryl methyl sites for hydroxylation is 2. The maximum atomic E-state index is 12.9. The molecule has 1 aliphatic rings. The number of benzene rings is 2. The normalized spacial score (nSPS) is 17.7. The first kappa shape index (κ1) is 21.0. The monoisotopic (exact) mass is 415 g/mol. The van der Waals surface area contributed by atoms with Gasteiger partial charge in [-0.2, -0.15) is 0 Å². The molecule has 1 amide bonds. The SMILES string of the molecule is Cc1cc(C)cc(C(=O)OCC(=O)N(Cc2ccccc2)[C@H]2CCS(=O)(=O)C2)c1. The van der Waals surface area contributed by atoms with Crippen molar-refractivity contribution in [2.24, 2.45) is 0 Å². The zero-order chi connectivity index (χ0) is 21.0. The maximum Gasteiger partial charge on any atom is 0.338 e. The van der Waals surface area contributed by atoms with Crippen molar-refractivity contribution in [1.82, 2.24) is 4.90 Å². The molecule has 1 fully saturated rings. The van der Waals surface area contributed by atoms with Crippen molar-refractivity contribution in [2.45, 2.75) is 32.9 Å². The molecule has 2 aromatic rings. The highest BCUT2D eigenvalue weighted by atomic mass is 32.2. The molecule has 29 heavy (non-hydrogen) atoms. The second-order valence-electron chi connectivity index (χ2n) is 7.52. The van der Waals surface area contributed by atoms with E-state index < -0.39 is 34.4 Å². The van der Waals surface area contributed by atoms with Crippen LogP contribution in [-0.2, 0) is 25.9 Å². The Morgan fingerprint density at radius 1 is 1.07 bits per heavy atom. The summed E-state index contributed by atoms with van der Waals surface area (Å²) >= 11 is 0. The minimum Gasteiger partial charge on any atom is -0.452 e. The van der Waals surface area contributed by atoms with E-state index in [2.05, 4.69) is 0 Å². The third-order valence-corrected chi connectivity index (χ3v) is 6.70. The van der Waals surface area contributed by atoms with Crippen LogP contribution in [0.15, 0.2) is 48.5 Å². The largest absolute Gasteiger partial charge is 0.452 e. The molecule has 0 bridgehead atoms. The first-order valence-corrected chi connectivity index (χ1v) is 11.3. The Labute approximate surface area is 171 Å². The Morgan fingerprint density at radius 2 is 1.72 bits per heavy atom. The van der Waals surface area contributed by atoms with Crippen LogP contribution in [0.5, 0.6) is 0 Å². The highest BCUT2D eigenvalue weighted by molar-refractivity contribution is 7.91. The van der Waals surface area contributed by atoms with Crippen LogP contribution < -0.4 is 0 Å². The van der Waals surface area contributed by atoms with E-state index >= 15 is 0 Å². The van der Waals surface area contributed by atoms with Crippen LogP contribution in [0.2, 0.25) is 0 Å². The molecule has 0 saturated carbocycles. The smallest absolute Gasteiger partial charge is 0.338 e. The number of sulfone groups is 1. The van der Waals surface area contributed by atoms with Gasteiger partial charge in [0.2, 0.25) is 0 Å². The Kier molecular flexibility index (Phi) is 6.37. The lowest BCUT2D eigenvalue weighted by Crippen LogP contribution is -2.42. The summed E-state index contributed by atoms with van der Waals surface area (Å²) in [5.41, 5.74) is 3.16. The summed E-state index contributed by atoms with van der Waals surface area (Å²) in [6, 6.07) is 14.3. The first-order valence-electron chi connectivity index (χ1n) is 9.53. The summed E-state index contributed by atoms with van der Waals surface area (Å²) in [5.74, 6) is -0.952. The van der Waals surface area contributed by atoms with Gasteiger partial charge in [-0.25, -0.2) is 13.2 Å². The Bertz CT molecular complexity index is 981. The second kappa shape index (κ2) is 8.78. The summed E-state index contributed by atoms with van der Waals surface area (Å²) in [6.45, 7) is 3.63. The lowest BCUT2D eigenvalue weighted by Gasteiger charge is -2.28. The van der Waals surface area contributed by atoms with Gasteiger partial charge in [-0.05, 0) is 38.0 Å². The van der Waals surface area contributed by atoms with Crippen LogP contribution in [0.4, 0.5) is 0 Å². The van der Waals surface area contributed by atoms with Crippen LogP contribution in [0.3, 0.4) is 0 Å². The van der Waals surface area contributed by atoms with Gasteiger partial charge in [0.15, 0.2) is 16.4 Å². The zero-order valence-corrected chi connectivity index (χ0v) is 17.4. The molecule has 1 aliphatic heterocycles. The van der Waals surface area contributed by atoms with Crippen molar-refractivity contribution < 1.29 is 22.7 Å². The predicted octanol–water partition coefficient (Wildman–Crippen LogP) is 2.68. The highest BCUT2D eigenvalue weighted by Crippen LogP contribution is 2.20. The first-order chi connectivity index (χ1) is 13.7. The Morgan fingerprint density at radius 3 is 2.31 bits per heavy atom. The highest BCUT2D eigenvalue weighted by Gasteiger charge is 2.35. The molecule has 0 aliphatic carbocycles. The van der Waals surface area contributed by atoms with E-state index in [-0.39, 0.29) is 18.1 Å². The standard InChI is InChI=1S/C22H25NO5S/c1-16-10-17(2)12-19(11-16)22(25)28-14-21(24)23(13-18-6-4-3-5-7-18)20-8-9-29(26,27)15-20/h3-7,10-12,20H,8-9,13-15H2,1-2H3/t20-/m0/s1. The van der Waals surface area contributed by atoms with Crippen LogP contribution in [0.25, 0.3) is 0 Å². The second-order valence-corrected chi connectivity index (χ2v) is 9.75. The van der Waals surface area contributed by atoms with Crippen molar-refractivity contribution in [1.29, 1.82) is 0 Å². The number of carbonyl (C=O) groups is 2. The number of hydrogen-bond acceptors (Lipinski definition) is 5. The van der Waals surface area contributed by atoms with Gasteiger partial charge in [0.05, 0.1) is 17.1 Å². The van der Waals surface area contributed by atoms with Gasteiger partial charge >= 0.3 is 5.97 Å². The summed E-state index contributed by atoms with van der Waals surface area (Å²) < 4.78 is 29.1. The average Bonchev–Trinajstić information content (AvgIpc) is 3.03. The molecule has 6 nitrogen and oxygen atoms in total. The van der Waals surface area contributed by atoms with Gasteiger partial charge in [-0.15, -0.1) is 0 Å². The summed E-state index contributed by atoms with van der Waals surface area (Å²) in [6.07, 6.45) is 0.395. The lowest BCUT2D eigenvalue weighted by molar-refractivity contribution is -0.137. The Balaban J connectivity index is 1.71. The summed E-state index contributed by atoms with van der Waals surface area (Å²) in [4.78, 5) is 26.8. The van der Waals surface area contributed by atoms with E-state index in [9.17, 15) is 18.0 Å². The molecule has 0 N–H and O–H groups in total. The number of rotatable bonds is 6. The van der Waals surface area contributed by atoms with Crippen molar-refractivity contribution in [2.75, 3.05) is 18.1 Å². The number of carbonyl (C=O) groups excluding carboxylic acids is 2. The average molecular weight is 416 g/mol. The van der Waals surface area contributed by atoms with Crippen molar-refractivity contribution >= 4 is 21.7 Å². The number of ether oxygens (including phenoxy) is 1. The number of hydrogen-bond donors (Lipinski definition) is 0. The van der Waals surface area contributed by atoms with E-state index in [4.69, 9.17) is 4.74 Å². The van der Waals surface area contributed by atoms with Crippen molar-refractivity contribution in [3.05, 3.63) is 70.8 Å². The maximum absolute atomic E-state index is 12.9. The minimum atomic E-state index is -3.15. The van der Waals surface area contributed by atoms with Gasteiger partial charge < -0.3 is 9.64 Å². The van der Waals surface area contributed by atoms with Gasteiger partial charge in [0.25, 0.3) is 5.91 Å². The Hall–Kier alpha value is -2.67. The molecule has 0 aromatic heterocycles. The van der Waals surface area contributed by atoms with Crippen LogP contribution >= 0.6 is 0 Å². The zero-order valence-electron chi connectivity index (χ0n) is 16.6. The van der Waals surface area contributed by atoms with E-state index in [1.54, 1.807) is 12.1 Å². The lowest BCUT2D eigenvalue weighted by atomic mass is 10.1. The van der Waals surface area contributed by atoms with E-state index in [0.29, 0.717) is 12.0 Å². The minimum absolute atomic E-state index is 0.0589. The molecule has 0 spiro atoms. The van der Waals surface area contributed by atoms with Gasteiger partial charge in [-0.1, -0.05) is 47.5 Å². The summed E-state index contributed by atoms with van der Waals surface area (Å²) in [5, 5.41) is 0.